The third-order valence-electron chi connectivity index (χ3n) is 4.15. The fraction of sp³-hybridized carbons (Fsp3) is 0.667. The van der Waals surface area contributed by atoms with Crippen LogP contribution in [0.3, 0.4) is 0 Å². The maximum Gasteiger partial charge on any atom is 0.410 e. The molecule has 1 fully saturated rings. The Balaban J connectivity index is 0.00000163. The summed E-state index contributed by atoms with van der Waals surface area (Å²) < 4.78 is 5.51. The molecule has 1 aromatic carbocycles. The van der Waals surface area contributed by atoms with Crippen LogP contribution in [0.2, 0.25) is 0 Å². The number of piperazine rings is 1. The summed E-state index contributed by atoms with van der Waals surface area (Å²) in [5.74, 6) is 0. The molecule has 0 saturated carbocycles. The molecular weight excluding hydrogens is 328 g/mol. The monoisotopic (exact) mass is 364 g/mol. The van der Waals surface area contributed by atoms with Gasteiger partial charge >= 0.3 is 6.09 Å². The molecule has 1 aliphatic rings. The van der Waals surface area contributed by atoms with Gasteiger partial charge in [-0.3, -0.25) is 4.90 Å². The number of aliphatic hydroxyl groups is 1. The Kier molecular flexibility index (Phi) is 9.09. The van der Waals surface area contributed by atoms with E-state index in [4.69, 9.17) is 4.74 Å². The SMILES string of the molecule is CC.Cc1cccc(CN2CCN(C(=O)OC(C)(C)C)C(CCO)C2)c1. The fourth-order valence-electron chi connectivity index (χ4n) is 3.09. The van der Waals surface area contributed by atoms with Gasteiger partial charge in [-0.25, -0.2) is 4.79 Å². The number of hydrogen-bond donors (Lipinski definition) is 1. The van der Waals surface area contributed by atoms with Crippen LogP contribution in [0.25, 0.3) is 0 Å². The Morgan fingerprint density at radius 2 is 1.96 bits per heavy atom. The predicted octanol–water partition coefficient (Wildman–Crippen LogP) is 3.82. The van der Waals surface area contributed by atoms with Gasteiger partial charge in [-0.15, -0.1) is 0 Å². The Morgan fingerprint density at radius 3 is 2.54 bits per heavy atom. The van der Waals surface area contributed by atoms with E-state index in [2.05, 4.69) is 36.1 Å². The smallest absolute Gasteiger partial charge is 0.410 e. The van der Waals surface area contributed by atoms with Crippen molar-refractivity contribution in [3.63, 3.8) is 0 Å². The summed E-state index contributed by atoms with van der Waals surface area (Å²) in [4.78, 5) is 16.5. The Labute approximate surface area is 158 Å². The highest BCUT2D eigenvalue weighted by Crippen LogP contribution is 2.19. The maximum atomic E-state index is 12.4. The summed E-state index contributed by atoms with van der Waals surface area (Å²) in [6.07, 6.45) is 0.292. The highest BCUT2D eigenvalue weighted by atomic mass is 16.6. The van der Waals surface area contributed by atoms with Crippen molar-refractivity contribution in [1.82, 2.24) is 9.80 Å². The van der Waals surface area contributed by atoms with E-state index < -0.39 is 5.60 Å². The van der Waals surface area contributed by atoms with E-state index in [9.17, 15) is 9.90 Å². The molecule has 2 rings (SSSR count). The van der Waals surface area contributed by atoms with Crippen LogP contribution in [-0.2, 0) is 11.3 Å². The summed E-state index contributed by atoms with van der Waals surface area (Å²) in [5.41, 5.74) is 2.04. The van der Waals surface area contributed by atoms with Crippen LogP contribution in [0.15, 0.2) is 24.3 Å². The van der Waals surface area contributed by atoms with Crippen molar-refractivity contribution < 1.29 is 14.6 Å². The van der Waals surface area contributed by atoms with Gasteiger partial charge in [0.25, 0.3) is 0 Å². The third kappa shape index (κ3) is 7.34. The Hall–Kier alpha value is -1.59. The number of carbonyl (C=O) groups excluding carboxylic acids is 1. The van der Waals surface area contributed by atoms with Crippen molar-refractivity contribution in [3.05, 3.63) is 35.4 Å². The maximum absolute atomic E-state index is 12.4. The zero-order valence-corrected chi connectivity index (χ0v) is 17.3. The molecule has 148 valence electrons. The predicted molar refractivity (Wildman–Crippen MR) is 106 cm³/mol. The average molecular weight is 365 g/mol. The molecule has 0 aliphatic carbocycles. The van der Waals surface area contributed by atoms with E-state index in [0.29, 0.717) is 13.0 Å². The van der Waals surface area contributed by atoms with Crippen LogP contribution in [0.5, 0.6) is 0 Å². The molecule has 0 aromatic heterocycles. The van der Waals surface area contributed by atoms with E-state index >= 15 is 0 Å². The molecule has 5 heteroatoms. The quantitative estimate of drug-likeness (QED) is 0.882. The second kappa shape index (κ2) is 10.5. The third-order valence-corrected chi connectivity index (χ3v) is 4.15. The summed E-state index contributed by atoms with van der Waals surface area (Å²) in [5, 5.41) is 9.37. The van der Waals surface area contributed by atoms with Gasteiger partial charge in [0, 0.05) is 38.8 Å². The molecule has 26 heavy (non-hydrogen) atoms. The summed E-state index contributed by atoms with van der Waals surface area (Å²) >= 11 is 0. The molecule has 1 N–H and O–H groups in total. The zero-order chi connectivity index (χ0) is 19.7. The molecule has 0 radical (unpaired) electrons. The standard InChI is InChI=1S/C19H30N2O3.C2H6/c1-15-6-5-7-16(12-15)13-20-9-10-21(17(14-20)8-11-22)18(23)24-19(2,3)4;1-2/h5-7,12,17,22H,8-11,13-14H2,1-4H3;1-2H3. The number of aliphatic hydroxyl groups excluding tert-OH is 1. The average Bonchev–Trinajstić information content (AvgIpc) is 2.55. The van der Waals surface area contributed by atoms with Gasteiger partial charge in [-0.2, -0.15) is 0 Å². The lowest BCUT2D eigenvalue weighted by atomic mass is 10.1. The van der Waals surface area contributed by atoms with Crippen LogP contribution >= 0.6 is 0 Å². The first kappa shape index (κ1) is 22.5. The molecule has 1 heterocycles. The van der Waals surface area contributed by atoms with E-state index in [0.717, 1.165) is 19.6 Å². The van der Waals surface area contributed by atoms with Crippen LogP contribution in [0.4, 0.5) is 4.79 Å². The van der Waals surface area contributed by atoms with Gasteiger partial charge in [0.1, 0.15) is 5.60 Å². The van der Waals surface area contributed by atoms with Crippen LogP contribution < -0.4 is 0 Å². The minimum Gasteiger partial charge on any atom is -0.444 e. The minimum atomic E-state index is -0.500. The van der Waals surface area contributed by atoms with Crippen molar-refractivity contribution in [1.29, 1.82) is 0 Å². The van der Waals surface area contributed by atoms with E-state index in [1.807, 2.05) is 34.6 Å². The van der Waals surface area contributed by atoms with Crippen LogP contribution in [0, 0.1) is 6.92 Å². The number of aryl methyl sites for hydroxylation is 1. The van der Waals surface area contributed by atoms with Gasteiger partial charge in [0.05, 0.1) is 0 Å². The molecule has 1 aliphatic heterocycles. The largest absolute Gasteiger partial charge is 0.444 e. The fourth-order valence-corrected chi connectivity index (χ4v) is 3.09. The molecule has 5 nitrogen and oxygen atoms in total. The van der Waals surface area contributed by atoms with E-state index in [1.165, 1.54) is 11.1 Å². The molecule has 0 spiro atoms. The molecule has 1 saturated heterocycles. The normalized spacial score (nSPS) is 18.1. The van der Waals surface area contributed by atoms with Crippen molar-refractivity contribution in [2.45, 2.75) is 66.2 Å². The first-order chi connectivity index (χ1) is 12.3. The molecule has 1 aromatic rings. The molecular formula is C21H36N2O3. The van der Waals surface area contributed by atoms with Gasteiger partial charge in [0.15, 0.2) is 0 Å². The second-order valence-corrected chi connectivity index (χ2v) is 7.56. The lowest BCUT2D eigenvalue weighted by Crippen LogP contribution is -2.56. The summed E-state index contributed by atoms with van der Waals surface area (Å²) in [7, 11) is 0. The second-order valence-electron chi connectivity index (χ2n) is 7.56. The van der Waals surface area contributed by atoms with Crippen LogP contribution in [-0.4, -0.2) is 58.9 Å². The van der Waals surface area contributed by atoms with Gasteiger partial charge in [-0.05, 0) is 39.7 Å². The van der Waals surface area contributed by atoms with Gasteiger partial charge < -0.3 is 14.7 Å². The number of nitrogens with zero attached hydrogens (tertiary/aromatic N) is 2. The lowest BCUT2D eigenvalue weighted by molar-refractivity contribution is -0.00610. The Bertz CT molecular complexity index is 554. The highest BCUT2D eigenvalue weighted by molar-refractivity contribution is 5.68. The number of benzene rings is 1. The zero-order valence-electron chi connectivity index (χ0n) is 17.3. The van der Waals surface area contributed by atoms with Crippen molar-refractivity contribution in [2.24, 2.45) is 0 Å². The number of carbonyl (C=O) groups is 1. The first-order valence-electron chi connectivity index (χ1n) is 9.67. The lowest BCUT2D eigenvalue weighted by Gasteiger charge is -2.41. The summed E-state index contributed by atoms with van der Waals surface area (Å²) in [6.45, 7) is 14.9. The topological polar surface area (TPSA) is 53.0 Å². The molecule has 1 amide bonds. The van der Waals surface area contributed by atoms with E-state index in [-0.39, 0.29) is 18.7 Å². The number of rotatable bonds is 4. The number of ether oxygens (including phenoxy) is 1. The van der Waals surface area contributed by atoms with Crippen molar-refractivity contribution in [2.75, 3.05) is 26.2 Å². The number of amides is 1. The van der Waals surface area contributed by atoms with Gasteiger partial charge in [-0.1, -0.05) is 43.7 Å². The van der Waals surface area contributed by atoms with Crippen molar-refractivity contribution in [3.8, 4) is 0 Å². The van der Waals surface area contributed by atoms with E-state index in [1.54, 1.807) is 4.90 Å². The van der Waals surface area contributed by atoms with Crippen molar-refractivity contribution >= 4 is 6.09 Å². The highest BCUT2D eigenvalue weighted by Gasteiger charge is 2.32. The first-order valence-corrected chi connectivity index (χ1v) is 9.67. The molecule has 0 bridgehead atoms. The molecule has 1 unspecified atom stereocenters. The minimum absolute atomic E-state index is 0.0107. The summed E-state index contributed by atoms with van der Waals surface area (Å²) in [6, 6.07) is 8.49. The molecule has 1 atom stereocenters. The van der Waals surface area contributed by atoms with Crippen LogP contribution in [0.1, 0.15) is 52.2 Å². The Morgan fingerprint density at radius 1 is 1.27 bits per heavy atom. The van der Waals surface area contributed by atoms with Gasteiger partial charge in [0.2, 0.25) is 0 Å². The number of hydrogen-bond acceptors (Lipinski definition) is 4.